The number of urea groups is 1. The number of nitrogens with zero attached hydrogens (tertiary/aromatic N) is 1. The number of nitrogens with one attached hydrogen (secondary N) is 1. The van der Waals surface area contributed by atoms with Crippen LogP contribution in [0.25, 0.3) is 0 Å². The van der Waals surface area contributed by atoms with Crippen LogP contribution in [0.15, 0.2) is 0 Å². The van der Waals surface area contributed by atoms with Crippen molar-refractivity contribution in [2.75, 3.05) is 7.05 Å². The zero-order valence-electron chi connectivity index (χ0n) is 12.2. The average Bonchev–Trinajstić information content (AvgIpc) is 2.39. The molecule has 1 unspecified atom stereocenters. The molecule has 0 radical (unpaired) electrons. The van der Waals surface area contributed by atoms with Crippen molar-refractivity contribution in [3.63, 3.8) is 0 Å². The summed E-state index contributed by atoms with van der Waals surface area (Å²) in [5.41, 5.74) is 0. The van der Waals surface area contributed by atoms with Gasteiger partial charge in [-0.1, -0.05) is 19.8 Å². The van der Waals surface area contributed by atoms with Crippen LogP contribution in [0.1, 0.15) is 52.4 Å². The standard InChI is InChI=1S/C14H26N2O3/c1-4-5-11-6-8-12(9-7-11)15-14(19)16(3)10(2)13(17)18/h10-12H,4-9H2,1-3H3,(H,15,19)(H,17,18). The molecule has 0 spiro atoms. The predicted molar refractivity (Wildman–Crippen MR) is 74.0 cm³/mol. The summed E-state index contributed by atoms with van der Waals surface area (Å²) in [7, 11) is 1.52. The molecule has 0 aliphatic heterocycles. The van der Waals surface area contributed by atoms with Gasteiger partial charge in [0.25, 0.3) is 0 Å². The number of carbonyl (C=O) groups is 2. The van der Waals surface area contributed by atoms with E-state index in [1.807, 2.05) is 0 Å². The van der Waals surface area contributed by atoms with Crippen LogP contribution in [0.2, 0.25) is 0 Å². The molecule has 1 fully saturated rings. The molecule has 0 aromatic rings. The number of hydrogen-bond donors (Lipinski definition) is 2. The van der Waals surface area contributed by atoms with Crippen LogP contribution in [0, 0.1) is 5.92 Å². The van der Waals surface area contributed by atoms with Crippen molar-refractivity contribution in [1.82, 2.24) is 10.2 Å². The van der Waals surface area contributed by atoms with E-state index >= 15 is 0 Å². The van der Waals surface area contributed by atoms with Gasteiger partial charge in [-0.3, -0.25) is 0 Å². The van der Waals surface area contributed by atoms with E-state index in [4.69, 9.17) is 5.11 Å². The molecule has 1 aliphatic carbocycles. The van der Waals surface area contributed by atoms with Gasteiger partial charge >= 0.3 is 12.0 Å². The molecular weight excluding hydrogens is 244 g/mol. The van der Waals surface area contributed by atoms with E-state index in [2.05, 4.69) is 12.2 Å². The van der Waals surface area contributed by atoms with Crippen molar-refractivity contribution < 1.29 is 14.7 Å². The first-order valence-corrected chi connectivity index (χ1v) is 7.21. The zero-order chi connectivity index (χ0) is 14.4. The minimum absolute atomic E-state index is 0.198. The third-order valence-electron chi connectivity index (χ3n) is 4.13. The van der Waals surface area contributed by atoms with E-state index in [0.29, 0.717) is 0 Å². The van der Waals surface area contributed by atoms with Crippen LogP contribution in [0.5, 0.6) is 0 Å². The van der Waals surface area contributed by atoms with Gasteiger partial charge in [-0.25, -0.2) is 9.59 Å². The highest BCUT2D eigenvalue weighted by atomic mass is 16.4. The molecule has 1 saturated carbocycles. The molecule has 0 aromatic heterocycles. The first-order chi connectivity index (χ1) is 8.95. The van der Waals surface area contributed by atoms with Gasteiger partial charge in [-0.15, -0.1) is 0 Å². The minimum Gasteiger partial charge on any atom is -0.480 e. The largest absolute Gasteiger partial charge is 0.480 e. The normalized spacial score (nSPS) is 24.6. The summed E-state index contributed by atoms with van der Waals surface area (Å²) >= 11 is 0. The molecule has 1 atom stereocenters. The highest BCUT2D eigenvalue weighted by molar-refractivity contribution is 5.82. The summed E-state index contributed by atoms with van der Waals surface area (Å²) < 4.78 is 0. The second-order valence-corrected chi connectivity index (χ2v) is 5.58. The fraction of sp³-hybridized carbons (Fsp3) is 0.857. The second-order valence-electron chi connectivity index (χ2n) is 5.58. The second kappa shape index (κ2) is 7.36. The first kappa shape index (κ1) is 15.8. The Balaban J connectivity index is 2.36. The summed E-state index contributed by atoms with van der Waals surface area (Å²) in [5, 5.41) is 11.8. The zero-order valence-corrected chi connectivity index (χ0v) is 12.2. The lowest BCUT2D eigenvalue weighted by Gasteiger charge is -2.31. The molecule has 0 bridgehead atoms. The van der Waals surface area contributed by atoms with Crippen LogP contribution in [0.3, 0.4) is 0 Å². The number of carboxylic acid groups (broad SMARTS) is 1. The molecule has 2 N–H and O–H groups in total. The van der Waals surface area contributed by atoms with E-state index in [-0.39, 0.29) is 12.1 Å². The van der Waals surface area contributed by atoms with Crippen LogP contribution in [-0.2, 0) is 4.79 Å². The number of amides is 2. The topological polar surface area (TPSA) is 69.6 Å². The van der Waals surface area contributed by atoms with Crippen molar-refractivity contribution in [3.8, 4) is 0 Å². The Hall–Kier alpha value is -1.26. The molecule has 0 heterocycles. The monoisotopic (exact) mass is 270 g/mol. The molecule has 1 rings (SSSR count). The van der Waals surface area contributed by atoms with Crippen LogP contribution < -0.4 is 5.32 Å². The van der Waals surface area contributed by atoms with Gasteiger partial charge in [-0.05, 0) is 38.5 Å². The summed E-state index contributed by atoms with van der Waals surface area (Å²) in [6.07, 6.45) is 6.84. The summed E-state index contributed by atoms with van der Waals surface area (Å²) in [6, 6.07) is -0.880. The van der Waals surface area contributed by atoms with Crippen LogP contribution in [0.4, 0.5) is 4.79 Å². The van der Waals surface area contributed by atoms with Gasteiger partial charge in [0.05, 0.1) is 0 Å². The third kappa shape index (κ3) is 4.73. The van der Waals surface area contributed by atoms with Crippen LogP contribution >= 0.6 is 0 Å². The Morgan fingerprint density at radius 1 is 1.32 bits per heavy atom. The molecule has 0 aromatic carbocycles. The first-order valence-electron chi connectivity index (χ1n) is 7.21. The Bertz CT molecular complexity index is 312. The van der Waals surface area contributed by atoms with Crippen molar-refractivity contribution in [3.05, 3.63) is 0 Å². The number of hydrogen-bond acceptors (Lipinski definition) is 2. The molecule has 19 heavy (non-hydrogen) atoms. The summed E-state index contributed by atoms with van der Waals surface area (Å²) in [5.74, 6) is -0.182. The maximum Gasteiger partial charge on any atom is 0.326 e. The fourth-order valence-electron chi connectivity index (χ4n) is 2.62. The number of rotatable bonds is 5. The molecule has 0 saturated heterocycles. The Morgan fingerprint density at radius 2 is 1.89 bits per heavy atom. The van der Waals surface area contributed by atoms with E-state index in [9.17, 15) is 9.59 Å². The maximum absolute atomic E-state index is 11.9. The minimum atomic E-state index is -0.982. The average molecular weight is 270 g/mol. The molecule has 2 amide bonds. The quantitative estimate of drug-likeness (QED) is 0.806. The SMILES string of the molecule is CCCC1CCC(NC(=O)N(C)C(C)C(=O)O)CC1. The lowest BCUT2D eigenvalue weighted by molar-refractivity contribution is -0.141. The molecule has 5 nitrogen and oxygen atoms in total. The molecule has 110 valence electrons. The number of carboxylic acids is 1. The van der Waals surface area contributed by atoms with Crippen molar-refractivity contribution >= 4 is 12.0 Å². The Labute approximate surface area is 115 Å². The predicted octanol–water partition coefficient (Wildman–Crippen LogP) is 2.46. The highest BCUT2D eigenvalue weighted by Crippen LogP contribution is 2.27. The fourth-order valence-corrected chi connectivity index (χ4v) is 2.62. The molecule has 5 heteroatoms. The van der Waals surface area contributed by atoms with E-state index in [1.165, 1.54) is 31.7 Å². The van der Waals surface area contributed by atoms with Gasteiger partial charge in [0.1, 0.15) is 6.04 Å². The maximum atomic E-state index is 11.9. The molecule has 1 aliphatic rings. The number of likely N-dealkylation sites (N-methyl/N-ethyl adjacent to an activating group) is 1. The Kier molecular flexibility index (Phi) is 6.12. The lowest BCUT2D eigenvalue weighted by atomic mass is 9.83. The van der Waals surface area contributed by atoms with E-state index in [1.54, 1.807) is 0 Å². The summed E-state index contributed by atoms with van der Waals surface area (Å²) in [6.45, 7) is 3.72. The van der Waals surface area contributed by atoms with Gasteiger partial charge in [0.15, 0.2) is 0 Å². The Morgan fingerprint density at radius 3 is 2.37 bits per heavy atom. The summed E-state index contributed by atoms with van der Waals surface area (Å²) in [4.78, 5) is 24.0. The number of aliphatic carboxylic acids is 1. The van der Waals surface area contributed by atoms with Crippen LogP contribution in [-0.4, -0.2) is 41.1 Å². The third-order valence-corrected chi connectivity index (χ3v) is 4.13. The van der Waals surface area contributed by atoms with Gasteiger partial charge in [0, 0.05) is 13.1 Å². The van der Waals surface area contributed by atoms with Crippen molar-refractivity contribution in [2.24, 2.45) is 5.92 Å². The number of carbonyl (C=O) groups excluding carboxylic acids is 1. The van der Waals surface area contributed by atoms with E-state index < -0.39 is 12.0 Å². The molecular formula is C14H26N2O3. The van der Waals surface area contributed by atoms with Crippen molar-refractivity contribution in [2.45, 2.75) is 64.5 Å². The van der Waals surface area contributed by atoms with E-state index in [0.717, 1.165) is 31.6 Å². The van der Waals surface area contributed by atoms with Gasteiger partial charge in [0.2, 0.25) is 0 Å². The lowest BCUT2D eigenvalue weighted by Crippen LogP contribution is -2.49. The van der Waals surface area contributed by atoms with Gasteiger partial charge < -0.3 is 15.3 Å². The smallest absolute Gasteiger partial charge is 0.326 e. The van der Waals surface area contributed by atoms with Crippen molar-refractivity contribution in [1.29, 1.82) is 0 Å². The highest BCUT2D eigenvalue weighted by Gasteiger charge is 2.26. The van der Waals surface area contributed by atoms with Gasteiger partial charge in [-0.2, -0.15) is 0 Å².